The molecule has 0 aliphatic rings. The van der Waals surface area contributed by atoms with E-state index in [1.54, 1.807) is 12.1 Å². The Balaban J connectivity index is 2.42. The molecule has 0 saturated carbocycles. The van der Waals surface area contributed by atoms with Crippen LogP contribution in [0.5, 0.6) is 0 Å². The standard InChI is InChI=1S/C14H21ClFNO2/c1-9(2)19-8-12(18)7-17-10(3)11-4-5-14(16)13(15)6-11/h4-6,9-10,12,17-18H,7-8H2,1-3H3. The van der Waals surface area contributed by atoms with Crippen molar-refractivity contribution in [3.63, 3.8) is 0 Å². The summed E-state index contributed by atoms with van der Waals surface area (Å²) < 4.78 is 18.4. The van der Waals surface area contributed by atoms with Crippen molar-refractivity contribution in [3.05, 3.63) is 34.6 Å². The fraction of sp³-hybridized carbons (Fsp3) is 0.571. The molecule has 0 saturated heterocycles. The van der Waals surface area contributed by atoms with Crippen molar-refractivity contribution in [2.24, 2.45) is 0 Å². The molecule has 0 spiro atoms. The van der Waals surface area contributed by atoms with E-state index in [4.69, 9.17) is 16.3 Å². The highest BCUT2D eigenvalue weighted by Crippen LogP contribution is 2.20. The van der Waals surface area contributed by atoms with Gasteiger partial charge in [-0.2, -0.15) is 0 Å². The number of hydrogen-bond donors (Lipinski definition) is 2. The van der Waals surface area contributed by atoms with E-state index in [9.17, 15) is 9.50 Å². The molecule has 1 aromatic rings. The van der Waals surface area contributed by atoms with Crippen LogP contribution in [0.25, 0.3) is 0 Å². The first-order valence-corrected chi connectivity index (χ1v) is 6.76. The number of benzene rings is 1. The lowest BCUT2D eigenvalue weighted by molar-refractivity contribution is 0.00560. The molecule has 0 heterocycles. The lowest BCUT2D eigenvalue weighted by Crippen LogP contribution is -2.32. The molecular weight excluding hydrogens is 269 g/mol. The van der Waals surface area contributed by atoms with Gasteiger partial charge in [0.15, 0.2) is 0 Å². The molecule has 0 radical (unpaired) electrons. The first kappa shape index (κ1) is 16.4. The molecule has 0 aliphatic heterocycles. The molecule has 0 aromatic heterocycles. The van der Waals surface area contributed by atoms with E-state index in [0.29, 0.717) is 13.2 Å². The number of halogens is 2. The minimum Gasteiger partial charge on any atom is -0.389 e. The molecule has 19 heavy (non-hydrogen) atoms. The third-order valence-corrected chi connectivity index (χ3v) is 3.01. The minimum atomic E-state index is -0.569. The zero-order chi connectivity index (χ0) is 14.4. The molecule has 0 aliphatic carbocycles. The normalized spacial score (nSPS) is 14.7. The molecule has 0 bridgehead atoms. The van der Waals surface area contributed by atoms with Gasteiger partial charge in [-0.05, 0) is 38.5 Å². The van der Waals surface area contributed by atoms with Crippen LogP contribution in [0, 0.1) is 5.82 Å². The predicted molar refractivity (Wildman–Crippen MR) is 74.9 cm³/mol. The average Bonchev–Trinajstić information content (AvgIpc) is 2.36. The highest BCUT2D eigenvalue weighted by atomic mass is 35.5. The average molecular weight is 290 g/mol. The molecule has 5 heteroatoms. The maximum Gasteiger partial charge on any atom is 0.141 e. The van der Waals surface area contributed by atoms with Crippen LogP contribution in [-0.4, -0.2) is 30.5 Å². The van der Waals surface area contributed by atoms with Gasteiger partial charge in [-0.1, -0.05) is 17.7 Å². The third-order valence-electron chi connectivity index (χ3n) is 2.73. The van der Waals surface area contributed by atoms with Crippen molar-refractivity contribution < 1.29 is 14.2 Å². The van der Waals surface area contributed by atoms with Gasteiger partial charge in [-0.3, -0.25) is 0 Å². The molecule has 0 amide bonds. The highest BCUT2D eigenvalue weighted by molar-refractivity contribution is 6.30. The van der Waals surface area contributed by atoms with Crippen molar-refractivity contribution in [2.75, 3.05) is 13.2 Å². The van der Waals surface area contributed by atoms with Crippen molar-refractivity contribution in [3.8, 4) is 0 Å². The summed E-state index contributed by atoms with van der Waals surface area (Å²) in [7, 11) is 0. The predicted octanol–water partition coefficient (Wildman–Crippen LogP) is 2.92. The SMILES string of the molecule is CC(C)OCC(O)CNC(C)c1ccc(F)c(Cl)c1. The molecule has 2 N–H and O–H groups in total. The molecule has 1 aromatic carbocycles. The molecule has 0 fully saturated rings. The van der Waals surface area contributed by atoms with Gasteiger partial charge in [-0.15, -0.1) is 0 Å². The monoisotopic (exact) mass is 289 g/mol. The van der Waals surface area contributed by atoms with Crippen LogP contribution in [0.1, 0.15) is 32.4 Å². The Labute approximate surface area is 118 Å². The Morgan fingerprint density at radius 2 is 2.05 bits per heavy atom. The molecule has 3 nitrogen and oxygen atoms in total. The smallest absolute Gasteiger partial charge is 0.141 e. The van der Waals surface area contributed by atoms with E-state index < -0.39 is 11.9 Å². The Kier molecular flexibility index (Phi) is 6.72. The van der Waals surface area contributed by atoms with Crippen molar-refractivity contribution >= 4 is 11.6 Å². The zero-order valence-corrected chi connectivity index (χ0v) is 12.2. The topological polar surface area (TPSA) is 41.5 Å². The van der Waals surface area contributed by atoms with Crippen molar-refractivity contribution in [2.45, 2.75) is 39.0 Å². The third kappa shape index (κ3) is 5.87. The number of ether oxygens (including phenoxy) is 1. The Morgan fingerprint density at radius 3 is 2.63 bits per heavy atom. The summed E-state index contributed by atoms with van der Waals surface area (Å²) in [6.45, 7) is 6.47. The first-order valence-electron chi connectivity index (χ1n) is 6.38. The number of nitrogens with one attached hydrogen (secondary N) is 1. The number of hydrogen-bond acceptors (Lipinski definition) is 3. The summed E-state index contributed by atoms with van der Waals surface area (Å²) in [6.07, 6.45) is -0.469. The van der Waals surface area contributed by atoms with Crippen LogP contribution in [0.2, 0.25) is 5.02 Å². The molecule has 2 unspecified atom stereocenters. The Bertz CT molecular complexity index is 401. The van der Waals surface area contributed by atoms with Gasteiger partial charge < -0.3 is 15.2 Å². The van der Waals surface area contributed by atoms with Crippen LogP contribution in [0.4, 0.5) is 4.39 Å². The zero-order valence-electron chi connectivity index (χ0n) is 11.5. The summed E-state index contributed by atoms with van der Waals surface area (Å²) in [5.74, 6) is -0.428. The van der Waals surface area contributed by atoms with Gasteiger partial charge in [0.1, 0.15) is 5.82 Å². The quantitative estimate of drug-likeness (QED) is 0.811. The van der Waals surface area contributed by atoms with Crippen LogP contribution in [0.15, 0.2) is 18.2 Å². The maximum atomic E-state index is 13.0. The minimum absolute atomic E-state index is 0.0215. The second-order valence-corrected chi connectivity index (χ2v) is 5.25. The van der Waals surface area contributed by atoms with Crippen LogP contribution < -0.4 is 5.32 Å². The summed E-state index contributed by atoms with van der Waals surface area (Å²) >= 11 is 5.73. The fourth-order valence-electron chi connectivity index (χ4n) is 1.57. The lowest BCUT2D eigenvalue weighted by atomic mass is 10.1. The van der Waals surface area contributed by atoms with Gasteiger partial charge in [0, 0.05) is 12.6 Å². The second kappa shape index (κ2) is 7.80. The summed E-state index contributed by atoms with van der Waals surface area (Å²) in [5, 5.41) is 13.0. The van der Waals surface area contributed by atoms with E-state index in [-0.39, 0.29) is 17.2 Å². The van der Waals surface area contributed by atoms with Gasteiger partial charge >= 0.3 is 0 Å². The van der Waals surface area contributed by atoms with Gasteiger partial charge in [0.25, 0.3) is 0 Å². The number of aliphatic hydroxyl groups is 1. The van der Waals surface area contributed by atoms with E-state index in [0.717, 1.165) is 5.56 Å². The van der Waals surface area contributed by atoms with E-state index in [1.807, 2.05) is 20.8 Å². The molecule has 108 valence electrons. The van der Waals surface area contributed by atoms with E-state index >= 15 is 0 Å². The van der Waals surface area contributed by atoms with Crippen LogP contribution in [0.3, 0.4) is 0 Å². The van der Waals surface area contributed by atoms with Crippen LogP contribution >= 0.6 is 11.6 Å². The second-order valence-electron chi connectivity index (χ2n) is 4.84. The maximum absolute atomic E-state index is 13.0. The largest absolute Gasteiger partial charge is 0.389 e. The molecular formula is C14H21ClFNO2. The number of aliphatic hydroxyl groups excluding tert-OH is 1. The van der Waals surface area contributed by atoms with Gasteiger partial charge in [0.05, 0.1) is 23.8 Å². The van der Waals surface area contributed by atoms with E-state index in [1.165, 1.54) is 6.07 Å². The van der Waals surface area contributed by atoms with Gasteiger partial charge in [-0.25, -0.2) is 4.39 Å². The highest BCUT2D eigenvalue weighted by Gasteiger charge is 2.11. The van der Waals surface area contributed by atoms with Gasteiger partial charge in [0.2, 0.25) is 0 Å². The summed E-state index contributed by atoms with van der Waals surface area (Å²) in [4.78, 5) is 0. The van der Waals surface area contributed by atoms with Crippen molar-refractivity contribution in [1.29, 1.82) is 0 Å². The summed E-state index contributed by atoms with van der Waals surface area (Å²) in [6, 6.07) is 4.59. The lowest BCUT2D eigenvalue weighted by Gasteiger charge is -2.18. The van der Waals surface area contributed by atoms with E-state index in [2.05, 4.69) is 5.32 Å². The molecule has 2 atom stereocenters. The Hall–Kier alpha value is -0.680. The van der Waals surface area contributed by atoms with Crippen LogP contribution in [-0.2, 0) is 4.74 Å². The molecule has 1 rings (SSSR count). The fourth-order valence-corrected chi connectivity index (χ4v) is 1.76. The summed E-state index contributed by atoms with van der Waals surface area (Å²) in [5.41, 5.74) is 0.878. The first-order chi connectivity index (χ1) is 8.90. The van der Waals surface area contributed by atoms with Crippen molar-refractivity contribution in [1.82, 2.24) is 5.32 Å². The Morgan fingerprint density at radius 1 is 1.37 bits per heavy atom. The number of rotatable bonds is 7.